The van der Waals surface area contributed by atoms with E-state index in [-0.39, 0.29) is 5.91 Å². The second-order valence-electron chi connectivity index (χ2n) is 5.60. The average molecular weight is 306 g/mol. The quantitative estimate of drug-likeness (QED) is 0.895. The van der Waals surface area contributed by atoms with E-state index >= 15 is 0 Å². The topological polar surface area (TPSA) is 82.2 Å². The minimum Gasteiger partial charge on any atom is -0.396 e. The molecule has 0 aromatic carbocycles. The fraction of sp³-hybridized carbons (Fsp3) is 0.600. The van der Waals surface area contributed by atoms with Crippen LogP contribution in [-0.4, -0.2) is 26.5 Å². The molecule has 5 nitrogen and oxygen atoms in total. The van der Waals surface area contributed by atoms with Gasteiger partial charge >= 0.3 is 0 Å². The molecule has 1 aliphatic rings. The summed E-state index contributed by atoms with van der Waals surface area (Å²) in [6, 6.07) is 2.08. The zero-order chi connectivity index (χ0) is 15.4. The molecule has 0 unspecified atom stereocenters. The van der Waals surface area contributed by atoms with Gasteiger partial charge in [0, 0.05) is 20.6 Å². The number of carbonyl (C=O) groups is 1. The van der Waals surface area contributed by atoms with Crippen molar-refractivity contribution in [2.45, 2.75) is 32.1 Å². The van der Waals surface area contributed by atoms with Gasteiger partial charge in [0.1, 0.15) is 15.9 Å². The van der Waals surface area contributed by atoms with Crippen LogP contribution in [0.1, 0.15) is 47.3 Å². The van der Waals surface area contributed by atoms with Crippen LogP contribution in [0, 0.1) is 17.2 Å². The van der Waals surface area contributed by atoms with Crippen LogP contribution in [0.5, 0.6) is 0 Å². The number of nitrogens with zero attached hydrogens (tertiary/aromatic N) is 2. The molecule has 3 N–H and O–H groups in total. The first-order chi connectivity index (χ1) is 10.1. The molecule has 1 aromatic heterocycles. The van der Waals surface area contributed by atoms with Gasteiger partial charge in [0.25, 0.3) is 5.91 Å². The lowest BCUT2D eigenvalue weighted by molar-refractivity contribution is 0.0965. The maximum absolute atomic E-state index is 12.1. The summed E-state index contributed by atoms with van der Waals surface area (Å²) in [7, 11) is 3.56. The Kier molecular flexibility index (Phi) is 5.07. The lowest BCUT2D eigenvalue weighted by Crippen LogP contribution is -2.28. The number of thiophene rings is 1. The van der Waals surface area contributed by atoms with Gasteiger partial charge in [-0.1, -0.05) is 19.3 Å². The Hall–Kier alpha value is -1.74. The van der Waals surface area contributed by atoms with Crippen molar-refractivity contribution in [3.8, 4) is 6.07 Å². The van der Waals surface area contributed by atoms with Gasteiger partial charge in [-0.05, 0) is 18.8 Å². The van der Waals surface area contributed by atoms with E-state index in [1.165, 1.54) is 43.4 Å². The molecule has 1 heterocycles. The third-order valence-corrected chi connectivity index (χ3v) is 5.31. The van der Waals surface area contributed by atoms with Crippen molar-refractivity contribution in [1.82, 2.24) is 5.32 Å². The summed E-state index contributed by atoms with van der Waals surface area (Å²) in [6.07, 6.45) is 6.39. The molecule has 2 rings (SSSR count). The van der Waals surface area contributed by atoms with Crippen molar-refractivity contribution in [2.24, 2.45) is 5.92 Å². The maximum Gasteiger partial charge on any atom is 0.256 e. The summed E-state index contributed by atoms with van der Waals surface area (Å²) in [5, 5.41) is 12.6. The molecule has 1 fully saturated rings. The van der Waals surface area contributed by atoms with Crippen molar-refractivity contribution in [3.63, 3.8) is 0 Å². The molecule has 1 aliphatic carbocycles. The van der Waals surface area contributed by atoms with Gasteiger partial charge < -0.3 is 16.0 Å². The zero-order valence-corrected chi connectivity index (χ0v) is 13.4. The number of nitrogens with two attached hydrogens (primary N) is 1. The van der Waals surface area contributed by atoms with Gasteiger partial charge in [-0.2, -0.15) is 5.26 Å². The minimum atomic E-state index is -0.226. The predicted octanol–water partition coefficient (Wildman–Crippen LogP) is 2.58. The number of anilines is 2. The number of hydrogen-bond acceptors (Lipinski definition) is 5. The SMILES string of the molecule is CNC(=O)c1c(N(C)CC2CCCCC2)sc(C#N)c1N. The number of hydrogen-bond donors (Lipinski definition) is 2. The molecule has 1 amide bonds. The van der Waals surface area contributed by atoms with Crippen molar-refractivity contribution >= 4 is 27.9 Å². The Morgan fingerprint density at radius 1 is 1.48 bits per heavy atom. The first-order valence-electron chi connectivity index (χ1n) is 7.34. The zero-order valence-electron chi connectivity index (χ0n) is 12.6. The van der Waals surface area contributed by atoms with Crippen molar-refractivity contribution in [2.75, 3.05) is 31.3 Å². The third-order valence-electron chi connectivity index (χ3n) is 4.09. The standard InChI is InChI=1S/C15H22N4OS/c1-18-14(20)12-13(17)11(8-16)21-15(12)19(2)9-10-6-4-3-5-7-10/h10H,3-7,9,17H2,1-2H3,(H,18,20). The number of nitrogen functional groups attached to an aromatic ring is 1. The molecule has 0 radical (unpaired) electrons. The normalized spacial score (nSPS) is 15.5. The highest BCUT2D eigenvalue weighted by atomic mass is 32.1. The van der Waals surface area contributed by atoms with E-state index in [1.54, 1.807) is 7.05 Å². The summed E-state index contributed by atoms with van der Waals surface area (Å²) in [4.78, 5) is 14.6. The molecule has 21 heavy (non-hydrogen) atoms. The number of amides is 1. The highest BCUT2D eigenvalue weighted by Gasteiger charge is 2.25. The van der Waals surface area contributed by atoms with Gasteiger partial charge in [-0.15, -0.1) is 11.3 Å². The Bertz CT molecular complexity index is 555. The van der Waals surface area contributed by atoms with E-state index in [1.807, 2.05) is 7.05 Å². The molecular formula is C15H22N4OS. The molecule has 0 saturated heterocycles. The van der Waals surface area contributed by atoms with E-state index in [4.69, 9.17) is 11.0 Å². The lowest BCUT2D eigenvalue weighted by Gasteiger charge is -2.28. The van der Waals surface area contributed by atoms with Crippen LogP contribution in [0.4, 0.5) is 10.7 Å². The lowest BCUT2D eigenvalue weighted by atomic mass is 9.89. The number of rotatable bonds is 4. The largest absolute Gasteiger partial charge is 0.396 e. The van der Waals surface area contributed by atoms with Crippen molar-refractivity contribution in [1.29, 1.82) is 5.26 Å². The Morgan fingerprint density at radius 3 is 2.71 bits per heavy atom. The third kappa shape index (κ3) is 3.30. The second-order valence-corrected chi connectivity index (χ2v) is 6.60. The van der Waals surface area contributed by atoms with Crippen LogP contribution in [0.2, 0.25) is 0 Å². The number of nitrogens with one attached hydrogen (secondary N) is 1. The highest BCUT2D eigenvalue weighted by Crippen LogP contribution is 2.38. The van der Waals surface area contributed by atoms with Gasteiger partial charge in [0.05, 0.1) is 11.3 Å². The first kappa shape index (κ1) is 15.6. The predicted molar refractivity (Wildman–Crippen MR) is 86.7 cm³/mol. The fourth-order valence-electron chi connectivity index (χ4n) is 2.97. The van der Waals surface area contributed by atoms with Gasteiger partial charge in [-0.3, -0.25) is 4.79 Å². The summed E-state index contributed by atoms with van der Waals surface area (Å²) >= 11 is 1.31. The molecule has 114 valence electrons. The maximum atomic E-state index is 12.1. The van der Waals surface area contributed by atoms with Crippen LogP contribution in [0.15, 0.2) is 0 Å². The smallest absolute Gasteiger partial charge is 0.256 e. The van der Waals surface area contributed by atoms with E-state index in [2.05, 4.69) is 16.3 Å². The molecule has 0 spiro atoms. The Labute approximate surface area is 129 Å². The summed E-state index contributed by atoms with van der Waals surface area (Å²) in [5.74, 6) is 0.436. The Balaban J connectivity index is 2.24. The molecule has 0 atom stereocenters. The summed E-state index contributed by atoms with van der Waals surface area (Å²) < 4.78 is 0. The van der Waals surface area contributed by atoms with E-state index in [0.29, 0.717) is 22.0 Å². The summed E-state index contributed by atoms with van der Waals surface area (Å²) in [5.41, 5.74) is 6.70. The molecule has 0 bridgehead atoms. The molecule has 0 aliphatic heterocycles. The van der Waals surface area contributed by atoms with Gasteiger partial charge in [0.2, 0.25) is 0 Å². The van der Waals surface area contributed by atoms with E-state index < -0.39 is 0 Å². The molecule has 6 heteroatoms. The van der Waals surface area contributed by atoms with Gasteiger partial charge in [0.15, 0.2) is 0 Å². The molecule has 1 saturated carbocycles. The number of carbonyl (C=O) groups excluding carboxylic acids is 1. The van der Waals surface area contributed by atoms with Crippen LogP contribution in [0.25, 0.3) is 0 Å². The van der Waals surface area contributed by atoms with Crippen LogP contribution in [0.3, 0.4) is 0 Å². The van der Waals surface area contributed by atoms with Crippen molar-refractivity contribution in [3.05, 3.63) is 10.4 Å². The van der Waals surface area contributed by atoms with Crippen LogP contribution >= 0.6 is 11.3 Å². The fourth-order valence-corrected chi connectivity index (χ4v) is 3.95. The molecular weight excluding hydrogens is 284 g/mol. The van der Waals surface area contributed by atoms with Gasteiger partial charge in [-0.25, -0.2) is 0 Å². The van der Waals surface area contributed by atoms with Crippen molar-refractivity contribution < 1.29 is 4.79 Å². The van der Waals surface area contributed by atoms with Crippen LogP contribution < -0.4 is 16.0 Å². The van der Waals surface area contributed by atoms with E-state index in [0.717, 1.165) is 11.5 Å². The number of nitriles is 1. The monoisotopic (exact) mass is 306 g/mol. The Morgan fingerprint density at radius 2 is 2.14 bits per heavy atom. The summed E-state index contributed by atoms with van der Waals surface area (Å²) in [6.45, 7) is 0.912. The average Bonchev–Trinajstić information content (AvgIpc) is 2.84. The van der Waals surface area contributed by atoms with Crippen LogP contribution in [-0.2, 0) is 0 Å². The van der Waals surface area contributed by atoms with E-state index in [9.17, 15) is 4.79 Å². The minimum absolute atomic E-state index is 0.226. The highest BCUT2D eigenvalue weighted by molar-refractivity contribution is 7.17. The molecule has 1 aromatic rings. The second kappa shape index (κ2) is 6.81. The first-order valence-corrected chi connectivity index (χ1v) is 8.15.